The molecule has 31 heavy (non-hydrogen) atoms. The summed E-state index contributed by atoms with van der Waals surface area (Å²) in [6.07, 6.45) is 2.53. The number of primary amides is 1. The third kappa shape index (κ3) is 6.83. The van der Waals surface area contributed by atoms with Crippen LogP contribution in [0, 0.1) is 5.92 Å². The molecule has 2 atom stereocenters. The quantitative estimate of drug-likeness (QED) is 0.480. The number of amides is 1. The van der Waals surface area contributed by atoms with E-state index in [4.69, 9.17) is 20.2 Å². The van der Waals surface area contributed by atoms with E-state index in [9.17, 15) is 4.79 Å². The Hall–Kier alpha value is -2.32. The normalized spacial score (nSPS) is 21.5. The van der Waals surface area contributed by atoms with Gasteiger partial charge in [0.2, 0.25) is 5.91 Å². The fourth-order valence-electron chi connectivity index (χ4n) is 4.45. The van der Waals surface area contributed by atoms with Crippen LogP contribution in [0.2, 0.25) is 0 Å². The first-order chi connectivity index (χ1) is 15.1. The van der Waals surface area contributed by atoms with E-state index >= 15 is 0 Å². The van der Waals surface area contributed by atoms with Crippen molar-refractivity contribution in [2.75, 3.05) is 59.6 Å². The Morgan fingerprint density at radius 2 is 2.03 bits per heavy atom. The van der Waals surface area contributed by atoms with E-state index < -0.39 is 0 Å². The van der Waals surface area contributed by atoms with Gasteiger partial charge in [0.15, 0.2) is 5.96 Å². The third-order valence-corrected chi connectivity index (χ3v) is 6.04. The summed E-state index contributed by atoms with van der Waals surface area (Å²) in [6.45, 7) is 8.61. The highest BCUT2D eigenvalue weighted by Gasteiger charge is 2.26. The highest BCUT2D eigenvalue weighted by Crippen LogP contribution is 2.25. The van der Waals surface area contributed by atoms with E-state index in [-0.39, 0.29) is 11.9 Å². The van der Waals surface area contributed by atoms with Crippen LogP contribution in [-0.4, -0.2) is 81.3 Å². The molecule has 2 unspecified atom stereocenters. The summed E-state index contributed by atoms with van der Waals surface area (Å²) in [5.41, 5.74) is 6.67. The monoisotopic (exact) mass is 431 g/mol. The van der Waals surface area contributed by atoms with Crippen molar-refractivity contribution in [1.29, 1.82) is 0 Å². The molecule has 0 spiro atoms. The summed E-state index contributed by atoms with van der Waals surface area (Å²) in [6, 6.07) is 8.46. The van der Waals surface area contributed by atoms with E-state index in [1.165, 1.54) is 5.56 Å². The number of morpholine rings is 1. The molecular formula is C23H37N5O3. The van der Waals surface area contributed by atoms with Gasteiger partial charge >= 0.3 is 0 Å². The number of guanidine groups is 1. The van der Waals surface area contributed by atoms with Crippen LogP contribution >= 0.6 is 0 Å². The van der Waals surface area contributed by atoms with Crippen LogP contribution in [0.3, 0.4) is 0 Å². The van der Waals surface area contributed by atoms with Crippen LogP contribution in [0.4, 0.5) is 0 Å². The van der Waals surface area contributed by atoms with E-state index in [2.05, 4.69) is 34.2 Å². The van der Waals surface area contributed by atoms with Crippen LogP contribution in [0.5, 0.6) is 5.75 Å². The van der Waals surface area contributed by atoms with Gasteiger partial charge in [-0.2, -0.15) is 0 Å². The number of methoxy groups -OCH3 is 1. The molecule has 0 aliphatic carbocycles. The zero-order valence-electron chi connectivity index (χ0n) is 18.9. The Labute approximate surface area is 185 Å². The molecule has 8 heteroatoms. The van der Waals surface area contributed by atoms with Gasteiger partial charge in [-0.15, -0.1) is 0 Å². The average Bonchev–Trinajstić information content (AvgIpc) is 2.79. The molecule has 1 amide bonds. The maximum atomic E-state index is 11.4. The van der Waals surface area contributed by atoms with Crippen molar-refractivity contribution in [3.05, 3.63) is 29.8 Å². The lowest BCUT2D eigenvalue weighted by Gasteiger charge is -2.36. The van der Waals surface area contributed by atoms with Crippen LogP contribution in [-0.2, 0) is 9.53 Å². The molecule has 1 aromatic carbocycles. The Kier molecular flexibility index (Phi) is 8.97. The number of carbonyl (C=O) groups is 1. The van der Waals surface area contributed by atoms with Crippen molar-refractivity contribution in [1.82, 2.24) is 15.1 Å². The highest BCUT2D eigenvalue weighted by atomic mass is 16.5. The standard InChI is InChI=1S/C23H37N5O3/c1-3-25-23(28-10-4-5-18(17-28)15-22(24)29)26-16-21(27-11-13-31-14-12-27)19-6-8-20(30-2)9-7-19/h6-9,18,21H,3-5,10-17H2,1-2H3,(H2,24,29)(H,25,26). The molecule has 8 nitrogen and oxygen atoms in total. The van der Waals surface area contributed by atoms with Crippen molar-refractivity contribution in [2.24, 2.45) is 16.6 Å². The topological polar surface area (TPSA) is 92.4 Å². The minimum Gasteiger partial charge on any atom is -0.497 e. The Morgan fingerprint density at radius 1 is 1.29 bits per heavy atom. The molecule has 0 saturated carbocycles. The lowest BCUT2D eigenvalue weighted by Crippen LogP contribution is -2.47. The second kappa shape index (κ2) is 11.9. The number of nitrogens with one attached hydrogen (secondary N) is 1. The van der Waals surface area contributed by atoms with Gasteiger partial charge in [-0.3, -0.25) is 14.7 Å². The number of carbonyl (C=O) groups excluding carboxylic acids is 1. The van der Waals surface area contributed by atoms with Gasteiger partial charge in [0.25, 0.3) is 0 Å². The number of piperidine rings is 1. The third-order valence-electron chi connectivity index (χ3n) is 6.04. The van der Waals surface area contributed by atoms with E-state index in [1.807, 2.05) is 12.1 Å². The summed E-state index contributed by atoms with van der Waals surface area (Å²) in [5.74, 6) is 1.85. The largest absolute Gasteiger partial charge is 0.497 e. The fraction of sp³-hybridized carbons (Fsp3) is 0.652. The van der Waals surface area contributed by atoms with E-state index in [0.29, 0.717) is 18.9 Å². The Balaban J connectivity index is 1.76. The predicted octanol–water partition coefficient (Wildman–Crippen LogP) is 1.62. The molecule has 3 rings (SSSR count). The zero-order valence-corrected chi connectivity index (χ0v) is 18.9. The first kappa shape index (κ1) is 23.3. The van der Waals surface area contributed by atoms with Crippen molar-refractivity contribution < 1.29 is 14.3 Å². The van der Waals surface area contributed by atoms with E-state index in [1.54, 1.807) is 7.11 Å². The highest BCUT2D eigenvalue weighted by molar-refractivity contribution is 5.80. The number of hydrogen-bond acceptors (Lipinski definition) is 5. The first-order valence-electron chi connectivity index (χ1n) is 11.4. The SMILES string of the molecule is CCNC(=NCC(c1ccc(OC)cc1)N1CCOCC1)N1CCCC(CC(N)=O)C1. The molecule has 0 aromatic heterocycles. The number of rotatable bonds is 8. The molecule has 2 saturated heterocycles. The van der Waals surface area contributed by atoms with Crippen molar-refractivity contribution in [3.63, 3.8) is 0 Å². The maximum absolute atomic E-state index is 11.4. The van der Waals surface area contributed by atoms with Gasteiger partial charge in [0.05, 0.1) is 32.9 Å². The number of nitrogens with two attached hydrogens (primary N) is 1. The number of aliphatic imine (C=N–C) groups is 1. The van der Waals surface area contributed by atoms with Crippen molar-refractivity contribution in [3.8, 4) is 5.75 Å². The molecule has 3 N–H and O–H groups in total. The molecule has 1 aromatic rings. The van der Waals surface area contributed by atoms with Gasteiger partial charge in [0.1, 0.15) is 5.75 Å². The van der Waals surface area contributed by atoms with Gasteiger partial charge in [-0.1, -0.05) is 12.1 Å². The number of ether oxygens (including phenoxy) is 2. The maximum Gasteiger partial charge on any atom is 0.217 e. The molecule has 2 fully saturated rings. The number of hydrogen-bond donors (Lipinski definition) is 2. The lowest BCUT2D eigenvalue weighted by molar-refractivity contribution is -0.119. The number of likely N-dealkylation sites (tertiary alicyclic amines) is 1. The Morgan fingerprint density at radius 3 is 2.68 bits per heavy atom. The predicted molar refractivity (Wildman–Crippen MR) is 122 cm³/mol. The average molecular weight is 432 g/mol. The van der Waals surface area contributed by atoms with Crippen molar-refractivity contribution >= 4 is 11.9 Å². The molecule has 2 heterocycles. The molecule has 2 aliphatic rings. The van der Waals surface area contributed by atoms with Gasteiger partial charge in [-0.25, -0.2) is 0 Å². The van der Waals surface area contributed by atoms with Crippen LogP contribution < -0.4 is 15.8 Å². The van der Waals surface area contributed by atoms with Crippen LogP contribution in [0.1, 0.15) is 37.8 Å². The Bertz CT molecular complexity index is 718. The second-order valence-corrected chi connectivity index (χ2v) is 8.26. The minimum absolute atomic E-state index is 0.176. The summed E-state index contributed by atoms with van der Waals surface area (Å²) >= 11 is 0. The smallest absolute Gasteiger partial charge is 0.217 e. The molecule has 2 aliphatic heterocycles. The first-order valence-corrected chi connectivity index (χ1v) is 11.4. The lowest BCUT2D eigenvalue weighted by atomic mass is 9.95. The van der Waals surface area contributed by atoms with E-state index in [0.717, 1.165) is 70.5 Å². The fourth-order valence-corrected chi connectivity index (χ4v) is 4.45. The zero-order chi connectivity index (χ0) is 22.1. The molecule has 0 radical (unpaired) electrons. The van der Waals surface area contributed by atoms with Crippen molar-refractivity contribution in [2.45, 2.75) is 32.2 Å². The summed E-state index contributed by atoms with van der Waals surface area (Å²) in [5, 5.41) is 3.45. The summed E-state index contributed by atoms with van der Waals surface area (Å²) in [4.78, 5) is 21.2. The van der Waals surface area contributed by atoms with Gasteiger partial charge in [0, 0.05) is 39.1 Å². The van der Waals surface area contributed by atoms with Gasteiger partial charge < -0.3 is 25.4 Å². The van der Waals surface area contributed by atoms with Gasteiger partial charge in [-0.05, 0) is 43.4 Å². The summed E-state index contributed by atoms with van der Waals surface area (Å²) < 4.78 is 10.9. The van der Waals surface area contributed by atoms with Crippen LogP contribution in [0.25, 0.3) is 0 Å². The number of benzene rings is 1. The molecular weight excluding hydrogens is 394 g/mol. The minimum atomic E-state index is -0.222. The molecule has 172 valence electrons. The van der Waals surface area contributed by atoms with Crippen LogP contribution in [0.15, 0.2) is 29.3 Å². The molecule has 0 bridgehead atoms. The number of nitrogens with zero attached hydrogens (tertiary/aromatic N) is 3. The second-order valence-electron chi connectivity index (χ2n) is 8.26. The summed E-state index contributed by atoms with van der Waals surface area (Å²) in [7, 11) is 1.69.